The smallest absolute Gasteiger partial charge is 0.346 e. The van der Waals surface area contributed by atoms with E-state index in [-0.39, 0.29) is 5.56 Å². The lowest BCUT2D eigenvalue weighted by atomic mass is 10.1. The van der Waals surface area contributed by atoms with Crippen LogP contribution in [0.4, 0.5) is 4.39 Å². The zero-order valence-electron chi connectivity index (χ0n) is 15.2. The molecule has 0 unspecified atom stereocenters. The molecule has 5 heteroatoms. The third kappa shape index (κ3) is 3.02. The van der Waals surface area contributed by atoms with Gasteiger partial charge in [-0.15, -0.1) is 0 Å². The molecule has 0 amide bonds. The Morgan fingerprint density at radius 3 is 2.55 bits per heavy atom. The Hall–Kier alpha value is -3.99. The number of esters is 1. The molecule has 0 bridgehead atoms. The molecule has 5 aromatic rings. The van der Waals surface area contributed by atoms with Crippen molar-refractivity contribution in [1.82, 2.24) is 9.97 Å². The van der Waals surface area contributed by atoms with Gasteiger partial charge in [-0.3, -0.25) is 4.98 Å². The summed E-state index contributed by atoms with van der Waals surface area (Å²) >= 11 is 0. The quantitative estimate of drug-likeness (QED) is 0.405. The molecule has 1 N–H and O–H groups in total. The summed E-state index contributed by atoms with van der Waals surface area (Å²) in [6.45, 7) is 0. The number of nitrogens with zero attached hydrogens (tertiary/aromatic N) is 1. The van der Waals surface area contributed by atoms with Gasteiger partial charge in [0.2, 0.25) is 0 Å². The average Bonchev–Trinajstić information content (AvgIpc) is 3.23. The predicted octanol–water partition coefficient (Wildman–Crippen LogP) is 5.74. The van der Waals surface area contributed by atoms with Crippen molar-refractivity contribution in [2.75, 3.05) is 0 Å². The van der Waals surface area contributed by atoms with Crippen LogP contribution in [0.2, 0.25) is 0 Å². The van der Waals surface area contributed by atoms with E-state index in [9.17, 15) is 9.18 Å². The SMILES string of the molecule is O=C(Oc1cc(-c2ccccc2)[nH]c2ccc3nccc3c12)c1ccccc1F. The molecule has 0 aliphatic carbocycles. The number of fused-ring (bicyclic) bond motifs is 3. The molecular weight excluding hydrogens is 367 g/mol. The first-order chi connectivity index (χ1) is 14.2. The van der Waals surface area contributed by atoms with Crippen molar-refractivity contribution in [2.24, 2.45) is 0 Å². The zero-order valence-corrected chi connectivity index (χ0v) is 15.2. The summed E-state index contributed by atoms with van der Waals surface area (Å²) in [7, 11) is 0. The molecule has 0 spiro atoms. The predicted molar refractivity (Wildman–Crippen MR) is 110 cm³/mol. The fourth-order valence-corrected chi connectivity index (χ4v) is 3.47. The van der Waals surface area contributed by atoms with Crippen molar-refractivity contribution in [3.63, 3.8) is 0 Å². The maximum absolute atomic E-state index is 14.1. The van der Waals surface area contributed by atoms with Gasteiger partial charge < -0.3 is 9.72 Å². The molecule has 0 saturated heterocycles. The van der Waals surface area contributed by atoms with Crippen LogP contribution >= 0.6 is 0 Å². The number of aromatic nitrogens is 2. The number of halogens is 1. The summed E-state index contributed by atoms with van der Waals surface area (Å²) in [4.78, 5) is 20.4. The molecule has 0 radical (unpaired) electrons. The highest BCUT2D eigenvalue weighted by Crippen LogP contribution is 2.35. The average molecular weight is 382 g/mol. The van der Waals surface area contributed by atoms with Gasteiger partial charge in [-0.1, -0.05) is 42.5 Å². The largest absolute Gasteiger partial charge is 0.422 e. The number of hydrogen-bond acceptors (Lipinski definition) is 3. The Balaban J connectivity index is 1.72. The lowest BCUT2D eigenvalue weighted by molar-refractivity contribution is 0.0732. The Kier molecular flexibility index (Phi) is 4.06. The summed E-state index contributed by atoms with van der Waals surface area (Å²) in [5.41, 5.74) is 3.21. The Morgan fingerprint density at radius 2 is 1.72 bits per heavy atom. The van der Waals surface area contributed by atoms with Crippen LogP contribution in [-0.4, -0.2) is 15.9 Å². The fraction of sp³-hybridized carbons (Fsp3) is 0. The van der Waals surface area contributed by atoms with Crippen molar-refractivity contribution in [3.05, 3.63) is 96.4 Å². The minimum Gasteiger partial charge on any atom is -0.422 e. The molecule has 0 fully saturated rings. The normalized spacial score (nSPS) is 11.1. The topological polar surface area (TPSA) is 55.0 Å². The van der Waals surface area contributed by atoms with Gasteiger partial charge in [0.05, 0.1) is 22.0 Å². The maximum atomic E-state index is 14.1. The molecule has 140 valence electrons. The van der Waals surface area contributed by atoms with E-state index >= 15 is 0 Å². The van der Waals surface area contributed by atoms with Gasteiger partial charge in [0.15, 0.2) is 0 Å². The summed E-state index contributed by atoms with van der Waals surface area (Å²) < 4.78 is 19.8. The van der Waals surface area contributed by atoms with Crippen LogP contribution in [-0.2, 0) is 0 Å². The Labute approximate surface area is 165 Å². The summed E-state index contributed by atoms with van der Waals surface area (Å²) in [5, 5.41) is 1.58. The first-order valence-electron chi connectivity index (χ1n) is 9.13. The van der Waals surface area contributed by atoms with E-state index in [2.05, 4.69) is 9.97 Å². The number of carbonyl (C=O) groups excluding carboxylic acids is 1. The number of ether oxygens (including phenoxy) is 1. The van der Waals surface area contributed by atoms with E-state index in [0.29, 0.717) is 5.75 Å². The third-order valence-corrected chi connectivity index (χ3v) is 4.85. The van der Waals surface area contributed by atoms with Crippen LogP contribution in [0.5, 0.6) is 5.75 Å². The lowest BCUT2D eigenvalue weighted by Gasteiger charge is -2.13. The lowest BCUT2D eigenvalue weighted by Crippen LogP contribution is -2.11. The highest BCUT2D eigenvalue weighted by Gasteiger charge is 2.18. The summed E-state index contributed by atoms with van der Waals surface area (Å²) in [6, 6.07) is 22.9. The standard InChI is InChI=1S/C24H15FN2O2/c25-18-9-5-4-8-16(18)24(28)29-22-14-21(15-6-2-1-3-7-15)27-20-11-10-19-17(23(20)22)12-13-26-19/h1-14,27H. The highest BCUT2D eigenvalue weighted by atomic mass is 19.1. The molecule has 5 rings (SSSR count). The van der Waals surface area contributed by atoms with Crippen LogP contribution < -0.4 is 4.74 Å². The first-order valence-corrected chi connectivity index (χ1v) is 9.13. The van der Waals surface area contributed by atoms with Gasteiger partial charge in [-0.2, -0.15) is 0 Å². The fourth-order valence-electron chi connectivity index (χ4n) is 3.47. The monoisotopic (exact) mass is 382 g/mol. The van der Waals surface area contributed by atoms with Crippen LogP contribution in [0.3, 0.4) is 0 Å². The van der Waals surface area contributed by atoms with Crippen molar-refractivity contribution in [2.45, 2.75) is 0 Å². The molecule has 0 saturated carbocycles. The van der Waals surface area contributed by atoms with E-state index in [1.165, 1.54) is 18.2 Å². The second-order valence-electron chi connectivity index (χ2n) is 6.65. The van der Waals surface area contributed by atoms with Crippen molar-refractivity contribution < 1.29 is 13.9 Å². The number of H-pyrrole nitrogens is 1. The Bertz CT molecular complexity index is 1360. The molecule has 4 nitrogen and oxygen atoms in total. The number of nitrogens with one attached hydrogen (secondary N) is 1. The summed E-state index contributed by atoms with van der Waals surface area (Å²) in [6.07, 6.45) is 1.71. The number of carbonyl (C=O) groups is 1. The van der Waals surface area contributed by atoms with Crippen LogP contribution in [0.15, 0.2) is 85.1 Å². The van der Waals surface area contributed by atoms with Crippen LogP contribution in [0.1, 0.15) is 10.4 Å². The molecule has 29 heavy (non-hydrogen) atoms. The van der Waals surface area contributed by atoms with E-state index in [1.54, 1.807) is 18.3 Å². The van der Waals surface area contributed by atoms with Crippen LogP contribution in [0, 0.1) is 5.82 Å². The van der Waals surface area contributed by atoms with E-state index in [1.807, 2.05) is 48.5 Å². The summed E-state index contributed by atoms with van der Waals surface area (Å²) in [5.74, 6) is -1.01. The van der Waals surface area contributed by atoms with Crippen molar-refractivity contribution >= 4 is 27.8 Å². The second-order valence-corrected chi connectivity index (χ2v) is 6.65. The first kappa shape index (κ1) is 17.1. The number of pyridine rings is 1. The molecule has 0 aliphatic rings. The van der Waals surface area contributed by atoms with Crippen LogP contribution in [0.25, 0.3) is 33.1 Å². The highest BCUT2D eigenvalue weighted by molar-refractivity contribution is 6.10. The minimum absolute atomic E-state index is 0.109. The van der Waals surface area contributed by atoms with Gasteiger partial charge in [0.25, 0.3) is 0 Å². The minimum atomic E-state index is -0.744. The van der Waals surface area contributed by atoms with Gasteiger partial charge in [0, 0.05) is 23.3 Å². The van der Waals surface area contributed by atoms with E-state index in [4.69, 9.17) is 4.74 Å². The van der Waals surface area contributed by atoms with E-state index in [0.717, 1.165) is 33.1 Å². The van der Waals surface area contributed by atoms with Gasteiger partial charge in [-0.25, -0.2) is 9.18 Å². The van der Waals surface area contributed by atoms with E-state index < -0.39 is 11.8 Å². The molecule has 2 aromatic heterocycles. The number of aromatic amines is 1. The second kappa shape index (κ2) is 6.87. The van der Waals surface area contributed by atoms with Crippen molar-refractivity contribution in [3.8, 4) is 17.0 Å². The molecule has 2 heterocycles. The van der Waals surface area contributed by atoms with Gasteiger partial charge >= 0.3 is 5.97 Å². The van der Waals surface area contributed by atoms with Gasteiger partial charge in [0.1, 0.15) is 11.6 Å². The Morgan fingerprint density at radius 1 is 0.931 bits per heavy atom. The third-order valence-electron chi connectivity index (χ3n) is 4.85. The molecular formula is C24H15FN2O2. The number of hydrogen-bond donors (Lipinski definition) is 1. The van der Waals surface area contributed by atoms with Crippen molar-refractivity contribution in [1.29, 1.82) is 0 Å². The zero-order chi connectivity index (χ0) is 19.8. The number of benzene rings is 3. The molecule has 0 aliphatic heterocycles. The molecule has 3 aromatic carbocycles. The molecule has 0 atom stereocenters. The number of rotatable bonds is 3. The van der Waals surface area contributed by atoms with Gasteiger partial charge in [-0.05, 0) is 35.9 Å². The maximum Gasteiger partial charge on any atom is 0.346 e.